The van der Waals surface area contributed by atoms with Gasteiger partial charge in [-0.05, 0) is 12.1 Å². The molecule has 1 aromatic rings. The third-order valence-electron chi connectivity index (χ3n) is 2.69. The van der Waals surface area contributed by atoms with Crippen LogP contribution in [0.15, 0.2) is 35.7 Å². The van der Waals surface area contributed by atoms with Gasteiger partial charge in [0.25, 0.3) is 0 Å². The number of hydrogen-bond acceptors (Lipinski definition) is 4. The van der Waals surface area contributed by atoms with E-state index in [-0.39, 0.29) is 17.3 Å². The Kier molecular flexibility index (Phi) is 3.13. The van der Waals surface area contributed by atoms with Gasteiger partial charge >= 0.3 is 0 Å². The van der Waals surface area contributed by atoms with Crippen molar-refractivity contribution in [3.8, 4) is 0 Å². The van der Waals surface area contributed by atoms with E-state index in [1.54, 1.807) is 23.1 Å². The number of nitrogens with zero attached hydrogens (tertiary/aromatic N) is 1. The molecule has 0 aromatic heterocycles. The van der Waals surface area contributed by atoms with Crippen LogP contribution in [0.25, 0.3) is 0 Å². The maximum Gasteiger partial charge on any atom is 0.243 e. The first-order valence-electron chi connectivity index (χ1n) is 5.42. The number of anilines is 2. The molecular formula is C12H14N2O3S. The zero-order valence-corrected chi connectivity index (χ0v) is 10.8. The lowest BCUT2D eigenvalue weighted by Crippen LogP contribution is -2.38. The number of rotatable bonds is 3. The number of sulfone groups is 1. The fourth-order valence-electron chi connectivity index (χ4n) is 1.97. The molecule has 0 fully saturated rings. The summed E-state index contributed by atoms with van der Waals surface area (Å²) in [6, 6.07) is 4.95. The fraction of sp³-hybridized carbons (Fsp3) is 0.250. The first-order chi connectivity index (χ1) is 8.43. The molecule has 1 aliphatic heterocycles. The number of nitrogens with one attached hydrogen (secondary N) is 1. The first-order valence-corrected chi connectivity index (χ1v) is 7.31. The van der Waals surface area contributed by atoms with Gasteiger partial charge in [0.05, 0.1) is 22.8 Å². The van der Waals surface area contributed by atoms with Crippen LogP contribution in [0, 0.1) is 0 Å². The maximum atomic E-state index is 11.7. The molecule has 0 atom stereocenters. The maximum absolute atomic E-state index is 11.7. The number of carbonyl (C=O) groups is 1. The van der Waals surface area contributed by atoms with Crippen molar-refractivity contribution in [3.05, 3.63) is 30.9 Å². The van der Waals surface area contributed by atoms with Gasteiger partial charge in [-0.1, -0.05) is 12.1 Å². The molecule has 18 heavy (non-hydrogen) atoms. The zero-order chi connectivity index (χ0) is 13.3. The lowest BCUT2D eigenvalue weighted by molar-refractivity contribution is -0.115. The molecule has 1 aromatic carbocycles. The molecule has 0 saturated heterocycles. The highest BCUT2D eigenvalue weighted by molar-refractivity contribution is 7.90. The molecule has 2 rings (SSSR count). The molecule has 5 nitrogen and oxygen atoms in total. The van der Waals surface area contributed by atoms with Gasteiger partial charge < -0.3 is 10.2 Å². The summed E-state index contributed by atoms with van der Waals surface area (Å²) in [7, 11) is -3.37. The van der Waals surface area contributed by atoms with Gasteiger partial charge in [0, 0.05) is 12.8 Å². The Labute approximate surface area is 106 Å². The fourth-order valence-corrected chi connectivity index (χ4v) is 2.83. The van der Waals surface area contributed by atoms with Crippen LogP contribution in [0.2, 0.25) is 0 Å². The molecule has 1 N–H and O–H groups in total. The van der Waals surface area contributed by atoms with Crippen molar-refractivity contribution in [2.45, 2.75) is 4.90 Å². The Morgan fingerprint density at radius 3 is 2.83 bits per heavy atom. The van der Waals surface area contributed by atoms with Crippen molar-refractivity contribution in [2.75, 3.05) is 29.6 Å². The summed E-state index contributed by atoms with van der Waals surface area (Å²) >= 11 is 0. The summed E-state index contributed by atoms with van der Waals surface area (Å²) in [5, 5.41) is 2.63. The van der Waals surface area contributed by atoms with Crippen molar-refractivity contribution in [1.29, 1.82) is 0 Å². The second-order valence-corrected chi connectivity index (χ2v) is 6.12. The third-order valence-corrected chi connectivity index (χ3v) is 3.83. The van der Waals surface area contributed by atoms with E-state index >= 15 is 0 Å². The van der Waals surface area contributed by atoms with E-state index in [1.807, 2.05) is 0 Å². The lowest BCUT2D eigenvalue weighted by atomic mass is 10.2. The number of benzene rings is 1. The monoisotopic (exact) mass is 266 g/mol. The molecule has 1 heterocycles. The predicted molar refractivity (Wildman–Crippen MR) is 70.6 cm³/mol. The van der Waals surface area contributed by atoms with Crippen LogP contribution in [0.4, 0.5) is 11.4 Å². The summed E-state index contributed by atoms with van der Waals surface area (Å²) in [6.45, 7) is 4.33. The number of fused-ring (bicyclic) bond motifs is 1. The van der Waals surface area contributed by atoms with Crippen LogP contribution < -0.4 is 10.2 Å². The SMILES string of the molecule is C=CCN1CC(=O)Nc2c1cccc2S(C)(=O)=O. The van der Waals surface area contributed by atoms with E-state index in [2.05, 4.69) is 11.9 Å². The van der Waals surface area contributed by atoms with Crippen molar-refractivity contribution >= 4 is 27.1 Å². The minimum Gasteiger partial charge on any atom is -0.357 e. The van der Waals surface area contributed by atoms with Gasteiger partial charge in [0.1, 0.15) is 0 Å². The molecule has 1 aliphatic rings. The Bertz CT molecular complexity index is 608. The molecule has 0 bridgehead atoms. The van der Waals surface area contributed by atoms with Crippen LogP contribution in [0.1, 0.15) is 0 Å². The van der Waals surface area contributed by atoms with Crippen molar-refractivity contribution in [2.24, 2.45) is 0 Å². The smallest absolute Gasteiger partial charge is 0.243 e. The normalized spacial score (nSPS) is 14.9. The topological polar surface area (TPSA) is 66.5 Å². The average Bonchev–Trinajstić information content (AvgIpc) is 2.27. The number of carbonyl (C=O) groups excluding carboxylic acids is 1. The molecule has 0 aliphatic carbocycles. The van der Waals surface area contributed by atoms with Gasteiger partial charge in [0.2, 0.25) is 5.91 Å². The first kappa shape index (κ1) is 12.6. The molecule has 6 heteroatoms. The Morgan fingerprint density at radius 1 is 1.50 bits per heavy atom. The van der Waals surface area contributed by atoms with Crippen LogP contribution in [0.5, 0.6) is 0 Å². The molecular weight excluding hydrogens is 252 g/mol. The zero-order valence-electron chi connectivity index (χ0n) is 10.0. The second-order valence-electron chi connectivity index (χ2n) is 4.14. The summed E-state index contributed by atoms with van der Waals surface area (Å²) < 4.78 is 23.4. The van der Waals surface area contributed by atoms with Crippen molar-refractivity contribution in [3.63, 3.8) is 0 Å². The summed E-state index contributed by atoms with van der Waals surface area (Å²) in [6.07, 6.45) is 2.80. The molecule has 0 spiro atoms. The Balaban J connectivity index is 2.61. The molecule has 1 amide bonds. The van der Waals surface area contributed by atoms with E-state index in [0.717, 1.165) is 6.26 Å². The summed E-state index contributed by atoms with van der Waals surface area (Å²) in [5.41, 5.74) is 1.07. The van der Waals surface area contributed by atoms with Crippen LogP contribution in [-0.2, 0) is 14.6 Å². The van der Waals surface area contributed by atoms with Gasteiger partial charge in [0.15, 0.2) is 9.84 Å². The van der Waals surface area contributed by atoms with Crippen LogP contribution in [0.3, 0.4) is 0 Å². The quantitative estimate of drug-likeness (QED) is 0.830. The van der Waals surface area contributed by atoms with Crippen LogP contribution in [-0.4, -0.2) is 33.7 Å². The lowest BCUT2D eigenvalue weighted by Gasteiger charge is -2.30. The molecule has 0 unspecified atom stereocenters. The van der Waals surface area contributed by atoms with E-state index in [1.165, 1.54) is 6.07 Å². The number of amides is 1. The standard InChI is InChI=1S/C12H14N2O3S/c1-3-7-14-8-11(15)13-12-9(14)5-4-6-10(12)18(2,16)17/h3-6H,1,7-8H2,2H3,(H,13,15). The summed E-state index contributed by atoms with van der Waals surface area (Å²) in [4.78, 5) is 13.5. The van der Waals surface area contributed by atoms with E-state index in [9.17, 15) is 13.2 Å². The van der Waals surface area contributed by atoms with Crippen LogP contribution >= 0.6 is 0 Å². The van der Waals surface area contributed by atoms with Gasteiger partial charge in [-0.2, -0.15) is 0 Å². The van der Waals surface area contributed by atoms with Gasteiger partial charge in [-0.3, -0.25) is 4.79 Å². The second kappa shape index (κ2) is 4.45. The average molecular weight is 266 g/mol. The molecule has 0 radical (unpaired) electrons. The van der Waals surface area contributed by atoms with Crippen molar-refractivity contribution in [1.82, 2.24) is 0 Å². The van der Waals surface area contributed by atoms with Gasteiger partial charge in [-0.15, -0.1) is 6.58 Å². The van der Waals surface area contributed by atoms with Crippen molar-refractivity contribution < 1.29 is 13.2 Å². The van der Waals surface area contributed by atoms with E-state index in [4.69, 9.17) is 0 Å². The molecule has 96 valence electrons. The Morgan fingerprint density at radius 2 is 2.22 bits per heavy atom. The minimum atomic E-state index is -3.37. The Hall–Kier alpha value is -1.82. The van der Waals surface area contributed by atoms with Gasteiger partial charge in [-0.25, -0.2) is 8.42 Å². The largest absolute Gasteiger partial charge is 0.357 e. The molecule has 0 saturated carbocycles. The highest BCUT2D eigenvalue weighted by Crippen LogP contribution is 2.34. The third kappa shape index (κ3) is 2.24. The summed E-state index contributed by atoms with van der Waals surface area (Å²) in [5.74, 6) is -0.222. The van der Waals surface area contributed by atoms with E-state index < -0.39 is 9.84 Å². The highest BCUT2D eigenvalue weighted by atomic mass is 32.2. The minimum absolute atomic E-state index is 0.141. The predicted octanol–water partition coefficient (Wildman–Crippen LogP) is 1.03. The number of para-hydroxylation sites is 1. The highest BCUT2D eigenvalue weighted by Gasteiger charge is 2.26. The number of hydrogen-bond donors (Lipinski definition) is 1. The van der Waals surface area contributed by atoms with E-state index in [0.29, 0.717) is 17.9 Å².